The standard InChI is InChI=1S/C11H15NO2S/c1-2-14-11(13)9-5-3-4-6-10(9)15-8-7-12/h3-6H,2,7-8,12H2,1H3. The number of esters is 1. The molecule has 0 aliphatic carbocycles. The molecule has 82 valence electrons. The lowest BCUT2D eigenvalue weighted by atomic mass is 10.2. The summed E-state index contributed by atoms with van der Waals surface area (Å²) in [6.45, 7) is 2.80. The lowest BCUT2D eigenvalue weighted by Gasteiger charge is -2.07. The molecule has 0 bridgehead atoms. The molecule has 0 aromatic heterocycles. The molecule has 0 heterocycles. The Kier molecular flexibility index (Phi) is 5.21. The third kappa shape index (κ3) is 3.57. The first-order valence-corrected chi connectivity index (χ1v) is 5.87. The summed E-state index contributed by atoms with van der Waals surface area (Å²) in [6, 6.07) is 7.42. The highest BCUT2D eigenvalue weighted by molar-refractivity contribution is 7.99. The van der Waals surface area contributed by atoms with E-state index in [-0.39, 0.29) is 5.97 Å². The number of ether oxygens (including phenoxy) is 1. The maximum Gasteiger partial charge on any atom is 0.339 e. The molecule has 15 heavy (non-hydrogen) atoms. The highest BCUT2D eigenvalue weighted by Gasteiger charge is 2.11. The topological polar surface area (TPSA) is 52.3 Å². The van der Waals surface area contributed by atoms with Gasteiger partial charge >= 0.3 is 5.97 Å². The van der Waals surface area contributed by atoms with Crippen LogP contribution in [0.25, 0.3) is 0 Å². The molecule has 4 heteroatoms. The Morgan fingerprint density at radius 3 is 2.87 bits per heavy atom. The Balaban J connectivity index is 2.80. The summed E-state index contributed by atoms with van der Waals surface area (Å²) in [6.07, 6.45) is 0. The lowest BCUT2D eigenvalue weighted by Crippen LogP contribution is -2.07. The van der Waals surface area contributed by atoms with E-state index in [2.05, 4.69) is 0 Å². The van der Waals surface area contributed by atoms with Crippen LogP contribution in [-0.2, 0) is 4.74 Å². The normalized spacial score (nSPS) is 10.0. The summed E-state index contributed by atoms with van der Waals surface area (Å²) in [7, 11) is 0. The Morgan fingerprint density at radius 2 is 2.20 bits per heavy atom. The zero-order valence-corrected chi connectivity index (χ0v) is 9.55. The van der Waals surface area contributed by atoms with Crippen LogP contribution in [0.15, 0.2) is 29.2 Å². The number of nitrogens with two attached hydrogens (primary N) is 1. The van der Waals surface area contributed by atoms with E-state index in [0.717, 1.165) is 10.6 Å². The van der Waals surface area contributed by atoms with Crippen molar-refractivity contribution in [3.63, 3.8) is 0 Å². The Bertz CT molecular complexity index is 328. The minimum Gasteiger partial charge on any atom is -0.462 e. The first-order valence-electron chi connectivity index (χ1n) is 4.88. The van der Waals surface area contributed by atoms with E-state index in [1.807, 2.05) is 18.2 Å². The molecule has 0 fully saturated rings. The molecule has 0 radical (unpaired) electrons. The molecule has 0 unspecified atom stereocenters. The van der Waals surface area contributed by atoms with Gasteiger partial charge in [-0.3, -0.25) is 0 Å². The summed E-state index contributed by atoms with van der Waals surface area (Å²) >= 11 is 1.58. The molecular weight excluding hydrogens is 210 g/mol. The van der Waals surface area contributed by atoms with Crippen molar-refractivity contribution < 1.29 is 9.53 Å². The van der Waals surface area contributed by atoms with Gasteiger partial charge in [-0.1, -0.05) is 12.1 Å². The summed E-state index contributed by atoms with van der Waals surface area (Å²) < 4.78 is 4.97. The summed E-state index contributed by atoms with van der Waals surface area (Å²) in [4.78, 5) is 12.5. The monoisotopic (exact) mass is 225 g/mol. The van der Waals surface area contributed by atoms with Crippen molar-refractivity contribution in [2.75, 3.05) is 18.9 Å². The second kappa shape index (κ2) is 6.48. The van der Waals surface area contributed by atoms with Crippen LogP contribution in [0.5, 0.6) is 0 Å². The van der Waals surface area contributed by atoms with Gasteiger partial charge in [0.15, 0.2) is 0 Å². The zero-order chi connectivity index (χ0) is 11.1. The minimum atomic E-state index is -0.266. The molecule has 0 spiro atoms. The van der Waals surface area contributed by atoms with Gasteiger partial charge in [0, 0.05) is 17.2 Å². The van der Waals surface area contributed by atoms with Crippen LogP contribution in [0.4, 0.5) is 0 Å². The zero-order valence-electron chi connectivity index (χ0n) is 8.73. The van der Waals surface area contributed by atoms with Gasteiger partial charge in [-0.25, -0.2) is 4.79 Å². The van der Waals surface area contributed by atoms with E-state index in [1.54, 1.807) is 24.8 Å². The first-order chi connectivity index (χ1) is 7.29. The predicted octanol–water partition coefficient (Wildman–Crippen LogP) is 1.91. The summed E-state index contributed by atoms with van der Waals surface area (Å²) in [5.41, 5.74) is 6.05. The van der Waals surface area contributed by atoms with Crippen molar-refractivity contribution in [2.45, 2.75) is 11.8 Å². The van der Waals surface area contributed by atoms with E-state index in [9.17, 15) is 4.79 Å². The number of thioether (sulfide) groups is 1. The van der Waals surface area contributed by atoms with Gasteiger partial charge in [0.05, 0.1) is 12.2 Å². The fraction of sp³-hybridized carbons (Fsp3) is 0.364. The van der Waals surface area contributed by atoms with Gasteiger partial charge in [0.2, 0.25) is 0 Å². The molecule has 1 aromatic rings. The smallest absolute Gasteiger partial charge is 0.339 e. The van der Waals surface area contributed by atoms with Gasteiger partial charge in [0.25, 0.3) is 0 Å². The average Bonchev–Trinajstić information content (AvgIpc) is 2.27. The quantitative estimate of drug-likeness (QED) is 0.614. The van der Waals surface area contributed by atoms with Crippen LogP contribution in [0.3, 0.4) is 0 Å². The second-order valence-electron chi connectivity index (χ2n) is 2.85. The first kappa shape index (κ1) is 12.1. The van der Waals surface area contributed by atoms with E-state index < -0.39 is 0 Å². The number of hydrogen-bond donors (Lipinski definition) is 1. The maximum atomic E-state index is 11.6. The molecule has 0 aliphatic heterocycles. The maximum absolute atomic E-state index is 11.6. The summed E-state index contributed by atoms with van der Waals surface area (Å²) in [5.74, 6) is 0.536. The van der Waals surface area contributed by atoms with Gasteiger partial charge in [0.1, 0.15) is 0 Å². The third-order valence-electron chi connectivity index (χ3n) is 1.76. The van der Waals surface area contributed by atoms with Crippen molar-refractivity contribution in [1.29, 1.82) is 0 Å². The molecule has 0 amide bonds. The molecule has 3 nitrogen and oxygen atoms in total. The second-order valence-corrected chi connectivity index (χ2v) is 3.99. The number of hydrogen-bond acceptors (Lipinski definition) is 4. The van der Waals surface area contributed by atoms with Crippen molar-refractivity contribution in [3.8, 4) is 0 Å². The molecule has 0 aliphatic rings. The van der Waals surface area contributed by atoms with Crippen LogP contribution in [0.2, 0.25) is 0 Å². The van der Waals surface area contributed by atoms with E-state index in [1.165, 1.54) is 0 Å². The van der Waals surface area contributed by atoms with Crippen LogP contribution in [-0.4, -0.2) is 24.9 Å². The molecule has 0 saturated carbocycles. The highest BCUT2D eigenvalue weighted by Crippen LogP contribution is 2.22. The summed E-state index contributed by atoms with van der Waals surface area (Å²) in [5, 5.41) is 0. The van der Waals surface area contributed by atoms with E-state index in [4.69, 9.17) is 10.5 Å². The Hall–Kier alpha value is -1.00. The molecule has 0 saturated heterocycles. The van der Waals surface area contributed by atoms with E-state index in [0.29, 0.717) is 18.7 Å². The SMILES string of the molecule is CCOC(=O)c1ccccc1SCCN. The van der Waals surface area contributed by atoms with Crippen LogP contribution in [0.1, 0.15) is 17.3 Å². The minimum absolute atomic E-state index is 0.266. The molecule has 0 atom stereocenters. The van der Waals surface area contributed by atoms with Crippen LogP contribution >= 0.6 is 11.8 Å². The molecule has 1 aromatic carbocycles. The largest absolute Gasteiger partial charge is 0.462 e. The number of carbonyl (C=O) groups is 1. The fourth-order valence-corrected chi connectivity index (χ4v) is 1.96. The van der Waals surface area contributed by atoms with Gasteiger partial charge in [-0.05, 0) is 19.1 Å². The van der Waals surface area contributed by atoms with Crippen molar-refractivity contribution in [1.82, 2.24) is 0 Å². The van der Waals surface area contributed by atoms with Crippen molar-refractivity contribution >= 4 is 17.7 Å². The van der Waals surface area contributed by atoms with Gasteiger partial charge in [-0.15, -0.1) is 11.8 Å². The van der Waals surface area contributed by atoms with Gasteiger partial charge < -0.3 is 10.5 Å². The van der Waals surface area contributed by atoms with E-state index >= 15 is 0 Å². The Morgan fingerprint density at radius 1 is 1.47 bits per heavy atom. The van der Waals surface area contributed by atoms with Crippen LogP contribution < -0.4 is 5.73 Å². The average molecular weight is 225 g/mol. The Labute approximate surface area is 94.0 Å². The number of rotatable bonds is 5. The predicted molar refractivity (Wildman–Crippen MR) is 62.2 cm³/mol. The number of carbonyl (C=O) groups excluding carboxylic acids is 1. The van der Waals surface area contributed by atoms with Crippen LogP contribution in [0, 0.1) is 0 Å². The molecule has 2 N–H and O–H groups in total. The lowest BCUT2D eigenvalue weighted by molar-refractivity contribution is 0.0522. The van der Waals surface area contributed by atoms with Crippen molar-refractivity contribution in [3.05, 3.63) is 29.8 Å². The highest BCUT2D eigenvalue weighted by atomic mass is 32.2. The molecular formula is C11H15NO2S. The van der Waals surface area contributed by atoms with Crippen molar-refractivity contribution in [2.24, 2.45) is 5.73 Å². The van der Waals surface area contributed by atoms with Gasteiger partial charge in [-0.2, -0.15) is 0 Å². The third-order valence-corrected chi connectivity index (χ3v) is 2.86. The fourth-order valence-electron chi connectivity index (χ4n) is 1.14. The number of benzene rings is 1. The molecule has 1 rings (SSSR count).